The maximum absolute atomic E-state index is 14.4. The van der Waals surface area contributed by atoms with Gasteiger partial charge < -0.3 is 25.0 Å². The van der Waals surface area contributed by atoms with E-state index < -0.39 is 11.7 Å². The fourth-order valence-electron chi connectivity index (χ4n) is 4.09. The number of rotatable bonds is 4. The van der Waals surface area contributed by atoms with Gasteiger partial charge in [0.05, 0.1) is 29.2 Å². The van der Waals surface area contributed by atoms with Crippen LogP contribution in [0, 0.1) is 12.7 Å². The highest BCUT2D eigenvalue weighted by Gasteiger charge is 2.23. The van der Waals surface area contributed by atoms with Gasteiger partial charge in [-0.05, 0) is 19.1 Å². The maximum Gasteiger partial charge on any atom is 0.257 e. The zero-order valence-electron chi connectivity index (χ0n) is 17.4. The number of aliphatic hydroxyl groups is 1. The van der Waals surface area contributed by atoms with Crippen molar-refractivity contribution < 1.29 is 14.3 Å². The Hall–Kier alpha value is -3.63. The Labute approximate surface area is 182 Å². The van der Waals surface area contributed by atoms with Gasteiger partial charge in [0.15, 0.2) is 11.5 Å². The van der Waals surface area contributed by atoms with Crippen molar-refractivity contribution in [1.82, 2.24) is 24.7 Å². The molecule has 1 aliphatic rings. The first-order valence-corrected chi connectivity index (χ1v) is 10.3. The molecule has 0 spiro atoms. The predicted octanol–water partition coefficient (Wildman–Crippen LogP) is 1.75. The zero-order chi connectivity index (χ0) is 22.2. The van der Waals surface area contributed by atoms with Crippen LogP contribution in [0.25, 0.3) is 16.7 Å². The Balaban J connectivity index is 1.49. The molecule has 10 heteroatoms. The Morgan fingerprint density at radius 2 is 2.09 bits per heavy atom. The van der Waals surface area contributed by atoms with E-state index in [2.05, 4.69) is 30.5 Å². The van der Waals surface area contributed by atoms with Crippen LogP contribution in [0.3, 0.4) is 0 Å². The van der Waals surface area contributed by atoms with Gasteiger partial charge in [-0.2, -0.15) is 0 Å². The molecule has 0 saturated carbocycles. The molecular formula is C22H22FN7O2. The number of fused-ring (bicyclic) bond motifs is 2. The van der Waals surface area contributed by atoms with Crippen molar-refractivity contribution in [3.8, 4) is 0 Å². The van der Waals surface area contributed by atoms with Crippen LogP contribution in [0.5, 0.6) is 0 Å². The third kappa shape index (κ3) is 3.63. The van der Waals surface area contributed by atoms with Crippen LogP contribution in [0.2, 0.25) is 0 Å². The number of carbonyl (C=O) groups is 1. The van der Waals surface area contributed by atoms with Gasteiger partial charge in [0.25, 0.3) is 5.91 Å². The lowest BCUT2D eigenvalue weighted by molar-refractivity contribution is 0.102. The number of hydrogen-bond donors (Lipinski definition) is 3. The second kappa shape index (κ2) is 8.13. The summed E-state index contributed by atoms with van der Waals surface area (Å²) < 4.78 is 15.9. The van der Waals surface area contributed by atoms with Crippen molar-refractivity contribution in [2.24, 2.45) is 0 Å². The minimum atomic E-state index is -0.520. The molecule has 0 unspecified atom stereocenters. The molecule has 3 aromatic heterocycles. The molecule has 0 radical (unpaired) electrons. The number of hydrogen-bond acceptors (Lipinski definition) is 7. The summed E-state index contributed by atoms with van der Waals surface area (Å²) in [4.78, 5) is 28.2. The Bertz CT molecular complexity index is 1320. The van der Waals surface area contributed by atoms with Gasteiger partial charge >= 0.3 is 0 Å². The highest BCUT2D eigenvalue weighted by atomic mass is 19.1. The second-order valence-electron chi connectivity index (χ2n) is 7.81. The van der Waals surface area contributed by atoms with E-state index in [0.29, 0.717) is 34.5 Å². The summed E-state index contributed by atoms with van der Waals surface area (Å²) in [5.41, 5.74) is 3.46. The molecule has 1 aliphatic heterocycles. The summed E-state index contributed by atoms with van der Waals surface area (Å²) in [7, 11) is 0. The molecule has 0 bridgehead atoms. The molecule has 1 amide bonds. The number of aliphatic hydroxyl groups excluding tert-OH is 1. The molecule has 3 N–H and O–H groups in total. The van der Waals surface area contributed by atoms with Crippen molar-refractivity contribution in [2.45, 2.75) is 13.0 Å². The quantitative estimate of drug-likeness (QED) is 0.448. The lowest BCUT2D eigenvalue weighted by atomic mass is 10.1. The number of piperazine rings is 1. The Kier molecular flexibility index (Phi) is 5.16. The largest absolute Gasteiger partial charge is 0.395 e. The number of imidazole rings is 1. The first-order valence-electron chi connectivity index (χ1n) is 10.3. The van der Waals surface area contributed by atoms with Crippen LogP contribution in [-0.2, 0) is 0 Å². The van der Waals surface area contributed by atoms with Gasteiger partial charge in [-0.1, -0.05) is 0 Å². The van der Waals surface area contributed by atoms with Gasteiger partial charge in [-0.15, -0.1) is 0 Å². The third-order valence-corrected chi connectivity index (χ3v) is 5.55. The molecule has 1 aromatic carbocycles. The number of nitrogens with zero attached hydrogens (tertiary/aromatic N) is 5. The molecule has 164 valence electrons. The van der Waals surface area contributed by atoms with E-state index in [9.17, 15) is 14.3 Å². The highest BCUT2D eigenvalue weighted by Crippen LogP contribution is 2.28. The average Bonchev–Trinajstić information content (AvgIpc) is 3.19. The molecule has 1 saturated heterocycles. The Morgan fingerprint density at radius 3 is 2.91 bits per heavy atom. The van der Waals surface area contributed by atoms with Gasteiger partial charge in [-0.3, -0.25) is 14.8 Å². The Morgan fingerprint density at radius 1 is 1.28 bits per heavy atom. The first kappa shape index (κ1) is 20.3. The summed E-state index contributed by atoms with van der Waals surface area (Å²) in [6.07, 6.45) is 6.44. The third-order valence-electron chi connectivity index (χ3n) is 5.55. The van der Waals surface area contributed by atoms with Crippen LogP contribution in [0.1, 0.15) is 16.1 Å². The fourth-order valence-corrected chi connectivity index (χ4v) is 4.09. The van der Waals surface area contributed by atoms with E-state index in [0.717, 1.165) is 18.8 Å². The van der Waals surface area contributed by atoms with Gasteiger partial charge in [0, 0.05) is 56.5 Å². The fraction of sp³-hybridized carbons (Fsp3) is 0.273. The number of nitrogens with one attached hydrogen (secondary N) is 2. The summed E-state index contributed by atoms with van der Waals surface area (Å²) in [6.45, 7) is 3.92. The number of aromatic nitrogens is 4. The smallest absolute Gasteiger partial charge is 0.257 e. The molecule has 1 fully saturated rings. The SMILES string of the molecule is Cc1cn2cc(NC(=O)c3ccc(N4CCN[C@H](CO)C4)c4nccnc34)cc(F)c2n1. The van der Waals surface area contributed by atoms with Gasteiger partial charge in [-0.25, -0.2) is 9.37 Å². The standard InChI is InChI=1S/C22H22FN7O2/c1-13-9-30-10-14(8-17(23)21(30)27-13)28-22(32)16-2-3-18(20-19(16)25-4-5-26-20)29-7-6-24-15(11-29)12-31/h2-5,8-10,15,24,31H,6-7,11-12H2,1H3,(H,28,32)/t15-/m0/s1. The number of carbonyl (C=O) groups excluding carboxylic acids is 1. The summed E-state index contributed by atoms with van der Waals surface area (Å²) in [6, 6.07) is 4.76. The number of benzene rings is 1. The van der Waals surface area contributed by atoms with Gasteiger partial charge in [0.1, 0.15) is 11.0 Å². The van der Waals surface area contributed by atoms with Crippen molar-refractivity contribution in [3.05, 3.63) is 60.1 Å². The molecule has 0 aliphatic carbocycles. The molecule has 5 rings (SSSR count). The predicted molar refractivity (Wildman–Crippen MR) is 118 cm³/mol. The lowest BCUT2D eigenvalue weighted by Gasteiger charge is -2.34. The molecule has 4 aromatic rings. The second-order valence-corrected chi connectivity index (χ2v) is 7.81. The van der Waals surface area contributed by atoms with E-state index in [1.54, 1.807) is 36.0 Å². The molecule has 32 heavy (non-hydrogen) atoms. The number of amides is 1. The van der Waals surface area contributed by atoms with Crippen molar-refractivity contribution >= 4 is 34.0 Å². The molecule has 9 nitrogen and oxygen atoms in total. The van der Waals surface area contributed by atoms with E-state index in [-0.39, 0.29) is 18.3 Å². The van der Waals surface area contributed by atoms with Crippen LogP contribution in [-0.4, -0.2) is 62.6 Å². The summed E-state index contributed by atoms with van der Waals surface area (Å²) in [5, 5.41) is 15.5. The van der Waals surface area contributed by atoms with E-state index in [4.69, 9.17) is 0 Å². The van der Waals surface area contributed by atoms with E-state index in [1.807, 2.05) is 6.07 Å². The zero-order valence-corrected chi connectivity index (χ0v) is 17.4. The van der Waals surface area contributed by atoms with E-state index >= 15 is 0 Å². The highest BCUT2D eigenvalue weighted by molar-refractivity contribution is 6.13. The number of anilines is 2. The van der Waals surface area contributed by atoms with Crippen LogP contribution >= 0.6 is 0 Å². The van der Waals surface area contributed by atoms with Crippen LogP contribution < -0.4 is 15.5 Å². The normalized spacial score (nSPS) is 16.6. The summed E-state index contributed by atoms with van der Waals surface area (Å²) >= 11 is 0. The van der Waals surface area contributed by atoms with Crippen molar-refractivity contribution in [3.63, 3.8) is 0 Å². The van der Waals surface area contributed by atoms with Crippen LogP contribution in [0.15, 0.2) is 43.0 Å². The minimum absolute atomic E-state index is 0.0323. The first-order chi connectivity index (χ1) is 15.5. The lowest BCUT2D eigenvalue weighted by Crippen LogP contribution is -2.52. The summed E-state index contributed by atoms with van der Waals surface area (Å²) in [5.74, 6) is -0.931. The van der Waals surface area contributed by atoms with Crippen molar-refractivity contribution in [1.29, 1.82) is 0 Å². The van der Waals surface area contributed by atoms with E-state index in [1.165, 1.54) is 12.3 Å². The van der Waals surface area contributed by atoms with Crippen molar-refractivity contribution in [2.75, 3.05) is 36.5 Å². The van der Waals surface area contributed by atoms with Gasteiger partial charge in [0.2, 0.25) is 0 Å². The minimum Gasteiger partial charge on any atom is -0.395 e. The van der Waals surface area contributed by atoms with Crippen LogP contribution in [0.4, 0.5) is 15.8 Å². The topological polar surface area (TPSA) is 108 Å². The molecule has 1 atom stereocenters. The maximum atomic E-state index is 14.4. The number of aryl methyl sites for hydroxylation is 1. The number of halogens is 1. The number of pyridine rings is 1. The average molecular weight is 435 g/mol. The molecule has 4 heterocycles. The molecular weight excluding hydrogens is 413 g/mol. The monoisotopic (exact) mass is 435 g/mol.